The molecule has 0 aliphatic carbocycles. The van der Waals surface area contributed by atoms with Crippen molar-refractivity contribution < 1.29 is 14.3 Å². The molecule has 1 heterocycles. The van der Waals surface area contributed by atoms with Gasteiger partial charge in [-0.15, -0.1) is 23.1 Å². The Labute approximate surface area is 137 Å². The van der Waals surface area contributed by atoms with E-state index < -0.39 is 6.09 Å². The summed E-state index contributed by atoms with van der Waals surface area (Å²) in [5, 5.41) is 2.03. The van der Waals surface area contributed by atoms with Gasteiger partial charge in [-0.2, -0.15) is 0 Å². The molecule has 0 unspecified atom stereocenters. The molecule has 0 spiro atoms. The minimum Gasteiger partial charge on any atom is -0.449 e. The standard InChI is InChI=1S/C15H16N2O3S2/c1-2-20-15(19)17-16-14(18)12-7-3-4-8-13(12)22-10-11-6-5-9-21-11/h3-9H,2,10H2,1H3,(H,16,18)(H,17,19). The maximum Gasteiger partial charge on any atom is 0.426 e. The minimum atomic E-state index is -0.681. The van der Waals surface area contributed by atoms with Crippen LogP contribution < -0.4 is 10.9 Å². The lowest BCUT2D eigenvalue weighted by Crippen LogP contribution is -2.42. The van der Waals surface area contributed by atoms with E-state index in [0.29, 0.717) is 5.56 Å². The number of rotatable bonds is 5. The van der Waals surface area contributed by atoms with E-state index in [1.807, 2.05) is 23.6 Å². The predicted molar refractivity (Wildman–Crippen MR) is 87.9 cm³/mol. The van der Waals surface area contributed by atoms with Gasteiger partial charge in [0.15, 0.2) is 0 Å². The van der Waals surface area contributed by atoms with Crippen molar-refractivity contribution in [3.8, 4) is 0 Å². The Bertz CT molecular complexity index is 629. The van der Waals surface area contributed by atoms with Crippen LogP contribution in [0.15, 0.2) is 46.7 Å². The second kappa shape index (κ2) is 8.45. The summed E-state index contributed by atoms with van der Waals surface area (Å²) < 4.78 is 4.69. The van der Waals surface area contributed by atoms with Crippen LogP contribution in [0.4, 0.5) is 4.79 Å². The van der Waals surface area contributed by atoms with Gasteiger partial charge in [-0.05, 0) is 30.5 Å². The van der Waals surface area contributed by atoms with Crippen LogP contribution in [0.5, 0.6) is 0 Å². The topological polar surface area (TPSA) is 67.4 Å². The molecule has 0 atom stereocenters. The van der Waals surface area contributed by atoms with Crippen molar-refractivity contribution in [3.05, 3.63) is 52.2 Å². The molecule has 2 N–H and O–H groups in total. The van der Waals surface area contributed by atoms with Crippen LogP contribution in [0.3, 0.4) is 0 Å². The number of carbonyl (C=O) groups is 2. The van der Waals surface area contributed by atoms with Gasteiger partial charge >= 0.3 is 6.09 Å². The first-order valence-corrected chi connectivity index (χ1v) is 8.54. The first-order chi connectivity index (χ1) is 10.7. The first kappa shape index (κ1) is 16.4. The molecule has 2 amide bonds. The van der Waals surface area contributed by atoms with Gasteiger partial charge in [0.25, 0.3) is 5.91 Å². The summed E-state index contributed by atoms with van der Waals surface area (Å²) in [4.78, 5) is 25.4. The molecular formula is C15H16N2O3S2. The van der Waals surface area contributed by atoms with Gasteiger partial charge in [-0.1, -0.05) is 18.2 Å². The van der Waals surface area contributed by atoms with Crippen molar-refractivity contribution in [1.29, 1.82) is 0 Å². The van der Waals surface area contributed by atoms with Crippen LogP contribution in [0.25, 0.3) is 0 Å². The molecule has 5 nitrogen and oxygen atoms in total. The molecule has 7 heteroatoms. The summed E-state index contributed by atoms with van der Waals surface area (Å²) in [7, 11) is 0. The molecule has 1 aromatic carbocycles. The molecule has 0 saturated heterocycles. The Balaban J connectivity index is 1.97. The van der Waals surface area contributed by atoms with Crippen LogP contribution in [-0.4, -0.2) is 18.6 Å². The summed E-state index contributed by atoms with van der Waals surface area (Å²) in [5.74, 6) is 0.426. The number of thiophene rings is 1. The molecular weight excluding hydrogens is 320 g/mol. The number of hydrogen-bond acceptors (Lipinski definition) is 5. The Morgan fingerprint density at radius 1 is 1.18 bits per heavy atom. The summed E-state index contributed by atoms with van der Waals surface area (Å²) in [6.45, 7) is 1.94. The molecule has 2 aromatic rings. The molecule has 0 aliphatic heterocycles. The minimum absolute atomic E-state index is 0.245. The Hall–Kier alpha value is -1.99. The average molecular weight is 336 g/mol. The van der Waals surface area contributed by atoms with Gasteiger partial charge in [0.05, 0.1) is 12.2 Å². The number of nitrogens with one attached hydrogen (secondary N) is 2. The van der Waals surface area contributed by atoms with Crippen molar-refractivity contribution >= 4 is 35.1 Å². The van der Waals surface area contributed by atoms with E-state index in [2.05, 4.69) is 21.7 Å². The third kappa shape index (κ3) is 4.78. The van der Waals surface area contributed by atoms with Crippen molar-refractivity contribution in [3.63, 3.8) is 0 Å². The maximum atomic E-state index is 12.1. The van der Waals surface area contributed by atoms with Crippen molar-refractivity contribution in [2.45, 2.75) is 17.6 Å². The van der Waals surface area contributed by atoms with Crippen molar-refractivity contribution in [1.82, 2.24) is 10.9 Å². The molecule has 0 fully saturated rings. The first-order valence-electron chi connectivity index (χ1n) is 6.68. The average Bonchev–Trinajstić information content (AvgIpc) is 3.04. The van der Waals surface area contributed by atoms with E-state index in [4.69, 9.17) is 0 Å². The third-order valence-electron chi connectivity index (χ3n) is 2.64. The van der Waals surface area contributed by atoms with Crippen LogP contribution in [0, 0.1) is 0 Å². The fourth-order valence-corrected chi connectivity index (χ4v) is 3.49. The van der Waals surface area contributed by atoms with E-state index >= 15 is 0 Å². The molecule has 0 bridgehead atoms. The molecule has 0 aliphatic rings. The number of benzene rings is 1. The van der Waals surface area contributed by atoms with Gasteiger partial charge in [0, 0.05) is 15.5 Å². The number of thioether (sulfide) groups is 1. The zero-order valence-corrected chi connectivity index (χ0v) is 13.6. The second-order valence-corrected chi connectivity index (χ2v) is 6.21. The molecule has 22 heavy (non-hydrogen) atoms. The molecule has 1 aromatic heterocycles. The van der Waals surface area contributed by atoms with E-state index in [9.17, 15) is 9.59 Å². The SMILES string of the molecule is CCOC(=O)NNC(=O)c1ccccc1SCc1cccs1. The van der Waals surface area contributed by atoms with Crippen LogP contribution in [0.1, 0.15) is 22.2 Å². The lowest BCUT2D eigenvalue weighted by Gasteiger charge is -2.10. The molecule has 0 radical (unpaired) electrons. The zero-order chi connectivity index (χ0) is 15.8. The Kier molecular flexibility index (Phi) is 6.29. The third-order valence-corrected chi connectivity index (χ3v) is 4.82. The smallest absolute Gasteiger partial charge is 0.426 e. The van der Waals surface area contributed by atoms with Gasteiger partial charge in [0.2, 0.25) is 0 Å². The maximum absolute atomic E-state index is 12.1. The van der Waals surface area contributed by atoms with Crippen LogP contribution >= 0.6 is 23.1 Å². The normalized spacial score (nSPS) is 10.0. The van der Waals surface area contributed by atoms with Gasteiger partial charge in [-0.25, -0.2) is 10.2 Å². The number of amides is 2. The lowest BCUT2D eigenvalue weighted by atomic mass is 10.2. The summed E-state index contributed by atoms with van der Waals surface area (Å²) >= 11 is 3.26. The fraction of sp³-hybridized carbons (Fsp3) is 0.200. The number of hydrogen-bond donors (Lipinski definition) is 2. The molecule has 0 saturated carbocycles. The highest BCUT2D eigenvalue weighted by Gasteiger charge is 2.12. The second-order valence-electron chi connectivity index (χ2n) is 4.16. The summed E-state index contributed by atoms with van der Waals surface area (Å²) in [6, 6.07) is 11.3. The fourth-order valence-electron chi connectivity index (χ4n) is 1.67. The molecule has 116 valence electrons. The van der Waals surface area contributed by atoms with Gasteiger partial charge < -0.3 is 4.74 Å². The number of ether oxygens (including phenoxy) is 1. The van der Waals surface area contributed by atoms with Crippen LogP contribution in [0.2, 0.25) is 0 Å². The summed E-state index contributed by atoms with van der Waals surface area (Å²) in [6.07, 6.45) is -0.681. The van der Waals surface area contributed by atoms with E-state index in [1.165, 1.54) is 4.88 Å². The Morgan fingerprint density at radius 2 is 2.00 bits per heavy atom. The quantitative estimate of drug-likeness (QED) is 0.648. The van der Waals surface area contributed by atoms with E-state index in [1.54, 1.807) is 42.2 Å². The van der Waals surface area contributed by atoms with Gasteiger partial charge in [-0.3, -0.25) is 10.2 Å². The van der Waals surface area contributed by atoms with Crippen molar-refractivity contribution in [2.24, 2.45) is 0 Å². The molecule has 2 rings (SSSR count). The van der Waals surface area contributed by atoms with Crippen LogP contribution in [-0.2, 0) is 10.5 Å². The monoisotopic (exact) mass is 336 g/mol. The number of carbonyl (C=O) groups excluding carboxylic acids is 2. The highest BCUT2D eigenvalue weighted by atomic mass is 32.2. The summed E-state index contributed by atoms with van der Waals surface area (Å²) in [5.41, 5.74) is 5.07. The van der Waals surface area contributed by atoms with Gasteiger partial charge in [0.1, 0.15) is 0 Å². The zero-order valence-electron chi connectivity index (χ0n) is 12.0. The lowest BCUT2D eigenvalue weighted by molar-refractivity contribution is 0.0910. The van der Waals surface area contributed by atoms with Crippen molar-refractivity contribution in [2.75, 3.05) is 6.61 Å². The van der Waals surface area contributed by atoms with E-state index in [0.717, 1.165) is 10.6 Å². The predicted octanol–water partition coefficient (Wildman–Crippen LogP) is 3.43. The Morgan fingerprint density at radius 3 is 2.73 bits per heavy atom. The van der Waals surface area contributed by atoms with E-state index in [-0.39, 0.29) is 12.5 Å². The largest absolute Gasteiger partial charge is 0.449 e. The highest BCUT2D eigenvalue weighted by molar-refractivity contribution is 7.98. The highest BCUT2D eigenvalue weighted by Crippen LogP contribution is 2.27. The number of hydrazine groups is 1.